The number of imidazole rings is 1. The third-order valence-corrected chi connectivity index (χ3v) is 2.30. The van der Waals surface area contributed by atoms with E-state index in [1.165, 1.54) is 0 Å². The van der Waals surface area contributed by atoms with Gasteiger partial charge in [0.2, 0.25) is 5.95 Å². The highest BCUT2D eigenvalue weighted by Crippen LogP contribution is 2.13. The van der Waals surface area contributed by atoms with Crippen LogP contribution in [-0.2, 0) is 7.05 Å². The third-order valence-electron chi connectivity index (χ3n) is 2.30. The van der Waals surface area contributed by atoms with Crippen LogP contribution in [0.5, 0.6) is 0 Å². The molecule has 0 unspecified atom stereocenters. The second kappa shape index (κ2) is 4.82. The molecule has 0 saturated carbocycles. The molecule has 1 aromatic rings. The van der Waals surface area contributed by atoms with Crippen LogP contribution >= 0.6 is 0 Å². The first-order valence-corrected chi connectivity index (χ1v) is 5.09. The Morgan fingerprint density at radius 1 is 1.67 bits per heavy atom. The van der Waals surface area contributed by atoms with Crippen molar-refractivity contribution in [3.05, 3.63) is 12.4 Å². The van der Waals surface area contributed by atoms with Gasteiger partial charge in [-0.25, -0.2) is 4.98 Å². The smallest absolute Gasteiger partial charge is 0.205 e. The lowest BCUT2D eigenvalue weighted by molar-refractivity contribution is 0.652. The van der Waals surface area contributed by atoms with E-state index in [0.29, 0.717) is 12.5 Å². The molecule has 0 atom stereocenters. The molecule has 0 bridgehead atoms. The van der Waals surface area contributed by atoms with E-state index in [4.69, 9.17) is 11.1 Å². The highest BCUT2D eigenvalue weighted by molar-refractivity contribution is 5.77. The quantitative estimate of drug-likeness (QED) is 0.560. The number of nitrogens with zero attached hydrogens (tertiary/aromatic N) is 3. The number of nitrogens with two attached hydrogens (primary N) is 1. The van der Waals surface area contributed by atoms with Crippen LogP contribution in [0.4, 0.5) is 5.95 Å². The Bertz CT molecular complexity index is 328. The molecule has 0 fully saturated rings. The summed E-state index contributed by atoms with van der Waals surface area (Å²) in [6.07, 6.45) is 4.27. The monoisotopic (exact) mass is 209 g/mol. The Balaban J connectivity index is 2.75. The van der Waals surface area contributed by atoms with Crippen molar-refractivity contribution in [3.63, 3.8) is 0 Å². The standard InChI is InChI=1S/C10H19N5/c1-8(2)15(6-4-9(11)12)10-13-5-7-14(10)3/h5,7-8H,4,6H2,1-3H3,(H3,11,12). The van der Waals surface area contributed by atoms with Gasteiger partial charge in [0.05, 0.1) is 5.84 Å². The second-order valence-electron chi connectivity index (χ2n) is 3.90. The summed E-state index contributed by atoms with van der Waals surface area (Å²) in [4.78, 5) is 6.43. The molecular formula is C10H19N5. The fraction of sp³-hybridized carbons (Fsp3) is 0.600. The van der Waals surface area contributed by atoms with Gasteiger partial charge in [-0.1, -0.05) is 0 Å². The second-order valence-corrected chi connectivity index (χ2v) is 3.90. The van der Waals surface area contributed by atoms with E-state index in [2.05, 4.69) is 23.7 Å². The summed E-state index contributed by atoms with van der Waals surface area (Å²) < 4.78 is 1.97. The van der Waals surface area contributed by atoms with E-state index in [0.717, 1.165) is 12.5 Å². The molecule has 1 aromatic heterocycles. The van der Waals surface area contributed by atoms with Crippen LogP contribution in [0.15, 0.2) is 12.4 Å². The normalized spacial score (nSPS) is 10.7. The zero-order chi connectivity index (χ0) is 11.4. The minimum absolute atomic E-state index is 0.217. The number of aryl methyl sites for hydroxylation is 1. The predicted molar refractivity (Wildman–Crippen MR) is 62.2 cm³/mol. The van der Waals surface area contributed by atoms with E-state index in [1.54, 1.807) is 6.20 Å². The maximum Gasteiger partial charge on any atom is 0.205 e. The molecule has 1 rings (SSSR count). The van der Waals surface area contributed by atoms with E-state index in [1.807, 2.05) is 17.8 Å². The van der Waals surface area contributed by atoms with Crippen molar-refractivity contribution in [3.8, 4) is 0 Å². The predicted octanol–water partition coefficient (Wildman–Crippen LogP) is 0.961. The van der Waals surface area contributed by atoms with Gasteiger partial charge in [-0.3, -0.25) is 5.41 Å². The molecule has 0 aliphatic rings. The fourth-order valence-electron chi connectivity index (χ4n) is 1.46. The number of nitrogens with one attached hydrogen (secondary N) is 1. The first-order valence-electron chi connectivity index (χ1n) is 5.09. The Kier molecular flexibility index (Phi) is 3.71. The van der Waals surface area contributed by atoms with Crippen LogP contribution in [0.2, 0.25) is 0 Å². The Hall–Kier alpha value is -1.52. The largest absolute Gasteiger partial charge is 0.388 e. The summed E-state index contributed by atoms with van der Waals surface area (Å²) in [5.41, 5.74) is 5.36. The summed E-state index contributed by atoms with van der Waals surface area (Å²) in [7, 11) is 1.96. The zero-order valence-electron chi connectivity index (χ0n) is 9.57. The number of aromatic nitrogens is 2. The first-order chi connectivity index (χ1) is 7.02. The van der Waals surface area contributed by atoms with Gasteiger partial charge in [-0.05, 0) is 13.8 Å². The van der Waals surface area contributed by atoms with E-state index >= 15 is 0 Å². The average molecular weight is 209 g/mol. The van der Waals surface area contributed by atoms with Gasteiger partial charge in [0.15, 0.2) is 0 Å². The van der Waals surface area contributed by atoms with Crippen molar-refractivity contribution in [2.75, 3.05) is 11.4 Å². The topological polar surface area (TPSA) is 70.9 Å². The van der Waals surface area contributed by atoms with Gasteiger partial charge in [-0.2, -0.15) is 0 Å². The van der Waals surface area contributed by atoms with E-state index in [-0.39, 0.29) is 5.84 Å². The van der Waals surface area contributed by atoms with Crippen LogP contribution in [0, 0.1) is 5.41 Å². The maximum absolute atomic E-state index is 7.23. The van der Waals surface area contributed by atoms with Gasteiger partial charge >= 0.3 is 0 Å². The van der Waals surface area contributed by atoms with Crippen LogP contribution in [0.3, 0.4) is 0 Å². The molecule has 0 spiro atoms. The highest BCUT2D eigenvalue weighted by atomic mass is 15.3. The minimum atomic E-state index is 0.217. The molecule has 0 aliphatic carbocycles. The molecule has 0 amide bonds. The molecule has 84 valence electrons. The molecule has 3 N–H and O–H groups in total. The van der Waals surface area contributed by atoms with Crippen LogP contribution in [0.25, 0.3) is 0 Å². The lowest BCUT2D eigenvalue weighted by Gasteiger charge is -2.27. The summed E-state index contributed by atoms with van der Waals surface area (Å²) in [5, 5.41) is 7.23. The van der Waals surface area contributed by atoms with Crippen molar-refractivity contribution < 1.29 is 0 Å². The molecule has 0 radical (unpaired) electrons. The van der Waals surface area contributed by atoms with Crippen molar-refractivity contribution in [2.24, 2.45) is 12.8 Å². The molecule has 5 nitrogen and oxygen atoms in total. The average Bonchev–Trinajstić information content (AvgIpc) is 2.51. The number of rotatable bonds is 5. The summed E-state index contributed by atoms with van der Waals surface area (Å²) >= 11 is 0. The minimum Gasteiger partial charge on any atom is -0.388 e. The number of anilines is 1. The summed E-state index contributed by atoms with van der Waals surface area (Å²) in [6.45, 7) is 4.95. The molecular weight excluding hydrogens is 190 g/mol. The van der Waals surface area contributed by atoms with Crippen molar-refractivity contribution in [1.29, 1.82) is 5.41 Å². The van der Waals surface area contributed by atoms with E-state index < -0.39 is 0 Å². The van der Waals surface area contributed by atoms with Gasteiger partial charge in [-0.15, -0.1) is 0 Å². The Morgan fingerprint density at radius 3 is 2.73 bits per heavy atom. The zero-order valence-corrected chi connectivity index (χ0v) is 9.57. The van der Waals surface area contributed by atoms with Crippen molar-refractivity contribution >= 4 is 11.8 Å². The summed E-state index contributed by atoms with van der Waals surface area (Å²) in [6, 6.07) is 0.352. The lowest BCUT2D eigenvalue weighted by Crippen LogP contribution is -2.35. The van der Waals surface area contributed by atoms with Crippen LogP contribution in [0.1, 0.15) is 20.3 Å². The maximum atomic E-state index is 7.23. The molecule has 1 heterocycles. The van der Waals surface area contributed by atoms with Crippen LogP contribution in [-0.4, -0.2) is 28.0 Å². The van der Waals surface area contributed by atoms with Gasteiger partial charge < -0.3 is 15.2 Å². The first kappa shape index (κ1) is 11.6. The van der Waals surface area contributed by atoms with Gasteiger partial charge in [0.1, 0.15) is 0 Å². The fourth-order valence-corrected chi connectivity index (χ4v) is 1.46. The third kappa shape index (κ3) is 2.97. The molecule has 0 aromatic carbocycles. The molecule has 0 aliphatic heterocycles. The summed E-state index contributed by atoms with van der Waals surface area (Å²) in [5.74, 6) is 1.14. The van der Waals surface area contributed by atoms with Gasteiger partial charge in [0.25, 0.3) is 0 Å². The number of hydrogen-bond donors (Lipinski definition) is 2. The molecule has 5 heteroatoms. The lowest BCUT2D eigenvalue weighted by atomic mass is 10.3. The number of amidine groups is 1. The van der Waals surface area contributed by atoms with Crippen molar-refractivity contribution in [2.45, 2.75) is 26.3 Å². The van der Waals surface area contributed by atoms with Gasteiger partial charge in [0, 0.05) is 38.4 Å². The Morgan fingerprint density at radius 2 is 2.33 bits per heavy atom. The molecule has 0 saturated heterocycles. The molecule has 15 heavy (non-hydrogen) atoms. The SMILES string of the molecule is CC(C)N(CCC(=N)N)c1nccn1C. The highest BCUT2D eigenvalue weighted by Gasteiger charge is 2.14. The van der Waals surface area contributed by atoms with E-state index in [9.17, 15) is 0 Å². The Labute approximate surface area is 90.4 Å². The van der Waals surface area contributed by atoms with Crippen molar-refractivity contribution in [1.82, 2.24) is 9.55 Å². The van der Waals surface area contributed by atoms with Crippen LogP contribution < -0.4 is 10.6 Å². The number of hydrogen-bond acceptors (Lipinski definition) is 3.